The summed E-state index contributed by atoms with van der Waals surface area (Å²) in [6.07, 6.45) is 23.3. The molecule has 0 amide bonds. The Morgan fingerprint density at radius 2 is 1.06 bits per heavy atom. The van der Waals surface area contributed by atoms with Gasteiger partial charge in [0.05, 0.1) is 17.7 Å². The molecule has 0 aliphatic heterocycles. The van der Waals surface area contributed by atoms with Crippen LogP contribution in [0.15, 0.2) is 18.2 Å². The van der Waals surface area contributed by atoms with Gasteiger partial charge in [-0.3, -0.25) is 0 Å². The van der Waals surface area contributed by atoms with Crippen molar-refractivity contribution in [3.63, 3.8) is 0 Å². The minimum absolute atomic E-state index is 0.0274. The van der Waals surface area contributed by atoms with Crippen LogP contribution in [0.3, 0.4) is 0 Å². The zero-order chi connectivity index (χ0) is 26.9. The molecule has 0 fully saturated rings. The number of hydrogen-bond acceptors (Lipinski definition) is 3. The summed E-state index contributed by atoms with van der Waals surface area (Å²) in [6, 6.07) is 5.06. The predicted molar refractivity (Wildman–Crippen MR) is 153 cm³/mol. The van der Waals surface area contributed by atoms with E-state index in [1.54, 1.807) is 6.07 Å². The molecule has 1 aromatic rings. The number of unbranched alkanes of at least 4 members (excludes halogenated alkanes) is 15. The van der Waals surface area contributed by atoms with Crippen molar-refractivity contribution >= 4 is 11.9 Å². The second-order valence-corrected chi connectivity index (χ2v) is 10.0. The number of carboxylic acid groups (broad SMARTS) is 1. The summed E-state index contributed by atoms with van der Waals surface area (Å²) in [5.41, 5.74) is 1.22. The number of ether oxygens (including phenoxy) is 1. The fourth-order valence-corrected chi connectivity index (χ4v) is 4.19. The molecule has 0 aromatic heterocycles. The van der Waals surface area contributed by atoms with Gasteiger partial charge in [0.15, 0.2) is 0 Å². The minimum atomic E-state index is -1.09. The van der Waals surface area contributed by atoms with Crippen LogP contribution < -0.4 is 0 Å². The molecular weight excluding hydrogens is 448 g/mol. The Hall–Kier alpha value is -1.84. The molecule has 0 spiro atoms. The molecular formula is C32H56O4. The van der Waals surface area contributed by atoms with E-state index in [1.165, 1.54) is 96.0 Å². The van der Waals surface area contributed by atoms with Crippen LogP contribution in [0.1, 0.15) is 170 Å². The molecule has 0 atom stereocenters. The molecule has 0 aliphatic carbocycles. The molecule has 208 valence electrons. The highest BCUT2D eigenvalue weighted by Gasteiger charge is 2.18. The molecule has 0 saturated carbocycles. The van der Waals surface area contributed by atoms with Crippen molar-refractivity contribution < 1.29 is 19.4 Å². The summed E-state index contributed by atoms with van der Waals surface area (Å²) < 4.78 is 5.35. The number of rotatable bonds is 21. The van der Waals surface area contributed by atoms with Gasteiger partial charge in [0.25, 0.3) is 0 Å². The third-order valence-corrected chi connectivity index (χ3v) is 6.54. The highest BCUT2D eigenvalue weighted by molar-refractivity contribution is 6.02. The van der Waals surface area contributed by atoms with Crippen LogP contribution in [-0.2, 0) is 11.2 Å². The second kappa shape index (κ2) is 24.8. The molecule has 36 heavy (non-hydrogen) atoms. The summed E-state index contributed by atoms with van der Waals surface area (Å²) in [5, 5.41) is 9.39. The highest BCUT2D eigenvalue weighted by atomic mass is 16.5. The molecule has 0 aliphatic rings. The van der Waals surface area contributed by atoms with Gasteiger partial charge in [-0.1, -0.05) is 136 Å². The van der Waals surface area contributed by atoms with E-state index in [9.17, 15) is 14.7 Å². The van der Waals surface area contributed by atoms with Crippen molar-refractivity contribution in [2.75, 3.05) is 6.61 Å². The Morgan fingerprint density at radius 3 is 1.53 bits per heavy atom. The van der Waals surface area contributed by atoms with Crippen LogP contribution in [0.2, 0.25) is 0 Å². The Morgan fingerprint density at radius 1 is 0.611 bits per heavy atom. The van der Waals surface area contributed by atoms with Crippen LogP contribution in [0.4, 0.5) is 0 Å². The lowest BCUT2D eigenvalue weighted by molar-refractivity contribution is 0.0487. The Bertz CT molecular complexity index is 662. The van der Waals surface area contributed by atoms with Crippen LogP contribution >= 0.6 is 0 Å². The van der Waals surface area contributed by atoms with Crippen LogP contribution in [0.25, 0.3) is 0 Å². The molecule has 1 N–H and O–H groups in total. The SMILES string of the molecule is CCCCCCCC.CCCCCCCCOC(=O)c1cc(CCCCCCCC)ccc1C(=O)O. The van der Waals surface area contributed by atoms with E-state index in [0.29, 0.717) is 6.61 Å². The van der Waals surface area contributed by atoms with Gasteiger partial charge in [0, 0.05) is 0 Å². The van der Waals surface area contributed by atoms with Crippen LogP contribution in [-0.4, -0.2) is 23.7 Å². The average Bonchev–Trinajstić information content (AvgIpc) is 2.88. The first-order chi connectivity index (χ1) is 17.5. The highest BCUT2D eigenvalue weighted by Crippen LogP contribution is 2.17. The van der Waals surface area contributed by atoms with E-state index in [-0.39, 0.29) is 11.1 Å². The molecule has 0 heterocycles. The lowest BCUT2D eigenvalue weighted by Crippen LogP contribution is -2.13. The number of carbonyl (C=O) groups is 2. The monoisotopic (exact) mass is 504 g/mol. The molecule has 1 aromatic carbocycles. The molecule has 0 bridgehead atoms. The zero-order valence-electron chi connectivity index (χ0n) is 24.0. The average molecular weight is 505 g/mol. The maximum atomic E-state index is 12.4. The van der Waals surface area contributed by atoms with Crippen molar-refractivity contribution in [3.05, 3.63) is 34.9 Å². The van der Waals surface area contributed by atoms with E-state index in [2.05, 4.69) is 27.7 Å². The summed E-state index contributed by atoms with van der Waals surface area (Å²) in [6.45, 7) is 9.25. The smallest absolute Gasteiger partial charge is 0.339 e. The third-order valence-electron chi connectivity index (χ3n) is 6.54. The molecule has 4 heteroatoms. The van der Waals surface area contributed by atoms with E-state index in [4.69, 9.17) is 4.74 Å². The number of carbonyl (C=O) groups excluding carboxylic acids is 1. The number of benzene rings is 1. The first-order valence-corrected chi connectivity index (χ1v) is 15.0. The molecule has 0 radical (unpaired) electrons. The van der Waals surface area contributed by atoms with Crippen molar-refractivity contribution in [1.82, 2.24) is 0 Å². The summed E-state index contributed by atoms with van der Waals surface area (Å²) in [5.74, 6) is -1.60. The van der Waals surface area contributed by atoms with Gasteiger partial charge in [-0.2, -0.15) is 0 Å². The number of carboxylic acids is 1. The van der Waals surface area contributed by atoms with E-state index < -0.39 is 11.9 Å². The summed E-state index contributed by atoms with van der Waals surface area (Å²) in [4.78, 5) is 23.9. The van der Waals surface area contributed by atoms with E-state index >= 15 is 0 Å². The van der Waals surface area contributed by atoms with E-state index in [1.807, 2.05) is 6.07 Å². The number of hydrogen-bond donors (Lipinski definition) is 1. The Labute approximate surface area is 222 Å². The van der Waals surface area contributed by atoms with Crippen LogP contribution in [0, 0.1) is 0 Å². The van der Waals surface area contributed by atoms with Crippen molar-refractivity contribution in [3.8, 4) is 0 Å². The van der Waals surface area contributed by atoms with Gasteiger partial charge >= 0.3 is 11.9 Å². The molecule has 4 nitrogen and oxygen atoms in total. The number of aryl methyl sites for hydroxylation is 1. The number of aromatic carboxylic acids is 1. The summed E-state index contributed by atoms with van der Waals surface area (Å²) >= 11 is 0. The standard InChI is InChI=1S/C24H38O4.C8H18/c1-3-5-7-9-11-13-15-20-16-17-21(23(25)26)22(19-20)24(27)28-18-14-12-10-8-6-4-2;1-3-5-7-8-6-4-2/h16-17,19H,3-15,18H2,1-2H3,(H,25,26);3-8H2,1-2H3. The lowest BCUT2D eigenvalue weighted by atomic mass is 9.99. The van der Waals surface area contributed by atoms with Crippen LogP contribution in [0.5, 0.6) is 0 Å². The molecule has 1 rings (SSSR count). The summed E-state index contributed by atoms with van der Waals surface area (Å²) in [7, 11) is 0. The topological polar surface area (TPSA) is 63.6 Å². The first-order valence-electron chi connectivity index (χ1n) is 15.0. The molecule has 0 unspecified atom stereocenters. The Balaban J connectivity index is 0.00000131. The second-order valence-electron chi connectivity index (χ2n) is 10.0. The van der Waals surface area contributed by atoms with Gasteiger partial charge < -0.3 is 9.84 Å². The lowest BCUT2D eigenvalue weighted by Gasteiger charge is -2.10. The van der Waals surface area contributed by atoms with Crippen molar-refractivity contribution in [2.24, 2.45) is 0 Å². The quantitative estimate of drug-likeness (QED) is 0.134. The van der Waals surface area contributed by atoms with Gasteiger partial charge in [0.1, 0.15) is 0 Å². The fraction of sp³-hybridized carbons (Fsp3) is 0.750. The van der Waals surface area contributed by atoms with Gasteiger partial charge in [-0.15, -0.1) is 0 Å². The zero-order valence-corrected chi connectivity index (χ0v) is 24.0. The van der Waals surface area contributed by atoms with E-state index in [0.717, 1.165) is 37.7 Å². The number of esters is 1. The normalized spacial score (nSPS) is 10.6. The van der Waals surface area contributed by atoms with Gasteiger partial charge in [-0.25, -0.2) is 9.59 Å². The third kappa shape index (κ3) is 18.4. The fourth-order valence-electron chi connectivity index (χ4n) is 4.19. The maximum Gasteiger partial charge on any atom is 0.339 e. The minimum Gasteiger partial charge on any atom is -0.478 e. The predicted octanol–water partition coefficient (Wildman–Crippen LogP) is 10.2. The largest absolute Gasteiger partial charge is 0.478 e. The van der Waals surface area contributed by atoms with Crippen molar-refractivity contribution in [2.45, 2.75) is 150 Å². The maximum absolute atomic E-state index is 12.4. The Kier molecular flexibility index (Phi) is 23.6. The van der Waals surface area contributed by atoms with Crippen molar-refractivity contribution in [1.29, 1.82) is 0 Å². The van der Waals surface area contributed by atoms with Gasteiger partial charge in [-0.05, 0) is 37.0 Å². The molecule has 0 saturated heterocycles. The van der Waals surface area contributed by atoms with Gasteiger partial charge in [0.2, 0.25) is 0 Å². The first kappa shape index (κ1) is 34.2.